The van der Waals surface area contributed by atoms with Crippen molar-refractivity contribution in [1.82, 2.24) is 9.97 Å². The van der Waals surface area contributed by atoms with Gasteiger partial charge < -0.3 is 14.6 Å². The van der Waals surface area contributed by atoms with Crippen LogP contribution < -0.4 is 4.74 Å². The van der Waals surface area contributed by atoms with Crippen molar-refractivity contribution < 1.29 is 19.4 Å². The SMILES string of the molecule is CCCOCCCCOc1ccc(-c2ncc(CCCCCCCC(=O)O)cn2)cc1. The zero-order valence-electron chi connectivity index (χ0n) is 18.7. The summed E-state index contributed by atoms with van der Waals surface area (Å²) in [6.07, 6.45) is 13.1. The molecule has 0 amide bonds. The lowest BCUT2D eigenvalue weighted by atomic mass is 10.1. The van der Waals surface area contributed by atoms with Crippen molar-refractivity contribution in [3.8, 4) is 17.1 Å². The number of ether oxygens (including phenoxy) is 2. The van der Waals surface area contributed by atoms with E-state index in [9.17, 15) is 4.79 Å². The fourth-order valence-electron chi connectivity index (χ4n) is 3.21. The second kappa shape index (κ2) is 15.3. The van der Waals surface area contributed by atoms with Crippen LogP contribution in [-0.2, 0) is 16.0 Å². The first-order valence-electron chi connectivity index (χ1n) is 11.5. The average Bonchev–Trinajstić information content (AvgIpc) is 2.78. The van der Waals surface area contributed by atoms with E-state index in [1.807, 2.05) is 36.7 Å². The van der Waals surface area contributed by atoms with Gasteiger partial charge in [-0.15, -0.1) is 0 Å². The number of benzene rings is 1. The molecule has 6 nitrogen and oxygen atoms in total. The Labute approximate surface area is 186 Å². The summed E-state index contributed by atoms with van der Waals surface area (Å²) in [7, 11) is 0. The fraction of sp³-hybridized carbons (Fsp3) is 0.560. The van der Waals surface area contributed by atoms with Crippen molar-refractivity contribution >= 4 is 5.97 Å². The molecule has 170 valence electrons. The highest BCUT2D eigenvalue weighted by Gasteiger charge is 2.03. The number of rotatable bonds is 17. The van der Waals surface area contributed by atoms with Gasteiger partial charge in [-0.2, -0.15) is 0 Å². The van der Waals surface area contributed by atoms with Crippen LogP contribution in [0.4, 0.5) is 0 Å². The third kappa shape index (κ3) is 10.9. The van der Waals surface area contributed by atoms with E-state index < -0.39 is 5.97 Å². The molecular formula is C25H36N2O4. The molecule has 0 saturated carbocycles. The topological polar surface area (TPSA) is 81.5 Å². The number of hydrogen-bond acceptors (Lipinski definition) is 5. The molecule has 0 aliphatic heterocycles. The van der Waals surface area contributed by atoms with E-state index in [0.29, 0.717) is 6.61 Å². The number of aromatic nitrogens is 2. The van der Waals surface area contributed by atoms with Crippen LogP contribution in [0.2, 0.25) is 0 Å². The van der Waals surface area contributed by atoms with Crippen LogP contribution in [-0.4, -0.2) is 40.9 Å². The fourth-order valence-corrected chi connectivity index (χ4v) is 3.21. The number of hydrogen-bond donors (Lipinski definition) is 1. The van der Waals surface area contributed by atoms with Crippen molar-refractivity contribution in [3.05, 3.63) is 42.2 Å². The van der Waals surface area contributed by atoms with Gasteiger partial charge in [0.2, 0.25) is 0 Å². The van der Waals surface area contributed by atoms with Crippen LogP contribution in [0.25, 0.3) is 11.4 Å². The summed E-state index contributed by atoms with van der Waals surface area (Å²) in [4.78, 5) is 19.5. The largest absolute Gasteiger partial charge is 0.494 e. The standard InChI is InChI=1S/C25H36N2O4/c1-2-16-30-17-8-9-18-31-23-14-12-22(13-15-23)25-26-19-21(20-27-25)10-6-4-3-5-7-11-24(28)29/h12-15,19-20H,2-11,16-18H2,1H3,(H,28,29). The van der Waals surface area contributed by atoms with Gasteiger partial charge in [-0.3, -0.25) is 4.79 Å². The molecule has 6 heteroatoms. The summed E-state index contributed by atoms with van der Waals surface area (Å²) in [5.74, 6) is 0.873. The molecule has 1 N–H and O–H groups in total. The summed E-state index contributed by atoms with van der Waals surface area (Å²) in [5, 5.41) is 8.63. The Morgan fingerprint density at radius 2 is 1.55 bits per heavy atom. The van der Waals surface area contributed by atoms with E-state index in [0.717, 1.165) is 93.7 Å². The number of nitrogens with zero attached hydrogens (tertiary/aromatic N) is 2. The molecule has 0 saturated heterocycles. The Balaban J connectivity index is 1.64. The van der Waals surface area contributed by atoms with E-state index in [1.54, 1.807) is 0 Å². The van der Waals surface area contributed by atoms with Crippen LogP contribution in [0.1, 0.15) is 70.3 Å². The highest BCUT2D eigenvalue weighted by Crippen LogP contribution is 2.20. The summed E-state index contributed by atoms with van der Waals surface area (Å²) in [6.45, 7) is 4.45. The lowest BCUT2D eigenvalue weighted by molar-refractivity contribution is -0.137. The van der Waals surface area contributed by atoms with Crippen LogP contribution in [0.15, 0.2) is 36.7 Å². The molecule has 1 aromatic carbocycles. The third-order valence-corrected chi connectivity index (χ3v) is 4.97. The second-order valence-corrected chi connectivity index (χ2v) is 7.77. The summed E-state index contributed by atoms with van der Waals surface area (Å²) < 4.78 is 11.3. The first-order valence-corrected chi connectivity index (χ1v) is 11.5. The minimum Gasteiger partial charge on any atom is -0.494 e. The highest BCUT2D eigenvalue weighted by atomic mass is 16.5. The lowest BCUT2D eigenvalue weighted by Crippen LogP contribution is -2.01. The monoisotopic (exact) mass is 428 g/mol. The van der Waals surface area contributed by atoms with Crippen LogP contribution >= 0.6 is 0 Å². The summed E-state index contributed by atoms with van der Waals surface area (Å²) >= 11 is 0. The molecule has 2 aromatic rings. The Kier molecular flexibility index (Phi) is 12.3. The number of carboxylic acid groups (broad SMARTS) is 1. The molecule has 0 bridgehead atoms. The van der Waals surface area contributed by atoms with Crippen LogP contribution in [0, 0.1) is 0 Å². The third-order valence-electron chi connectivity index (χ3n) is 4.97. The Morgan fingerprint density at radius 3 is 2.26 bits per heavy atom. The number of aryl methyl sites for hydroxylation is 1. The number of unbranched alkanes of at least 4 members (excludes halogenated alkanes) is 5. The normalized spacial score (nSPS) is 10.9. The highest BCUT2D eigenvalue weighted by molar-refractivity contribution is 5.66. The van der Waals surface area contributed by atoms with Gasteiger partial charge in [0, 0.05) is 37.6 Å². The van der Waals surface area contributed by atoms with Gasteiger partial charge in [-0.1, -0.05) is 26.2 Å². The van der Waals surface area contributed by atoms with E-state index in [-0.39, 0.29) is 6.42 Å². The molecule has 2 rings (SSSR count). The molecular weight excluding hydrogens is 392 g/mol. The van der Waals surface area contributed by atoms with E-state index >= 15 is 0 Å². The molecule has 0 radical (unpaired) electrons. The van der Waals surface area contributed by atoms with E-state index in [1.165, 1.54) is 0 Å². The maximum absolute atomic E-state index is 10.5. The predicted molar refractivity (Wildman–Crippen MR) is 122 cm³/mol. The number of carboxylic acids is 1. The van der Waals surface area contributed by atoms with Gasteiger partial charge in [0.25, 0.3) is 0 Å². The molecule has 1 heterocycles. The molecule has 0 aliphatic rings. The predicted octanol–water partition coefficient (Wildman–Crippen LogP) is 5.70. The summed E-state index contributed by atoms with van der Waals surface area (Å²) in [5.41, 5.74) is 2.11. The maximum atomic E-state index is 10.5. The molecule has 0 spiro atoms. The second-order valence-electron chi connectivity index (χ2n) is 7.77. The van der Waals surface area contributed by atoms with E-state index in [2.05, 4.69) is 16.9 Å². The lowest BCUT2D eigenvalue weighted by Gasteiger charge is -2.08. The Hall–Kier alpha value is -2.47. The van der Waals surface area contributed by atoms with Crippen molar-refractivity contribution in [2.45, 2.75) is 71.1 Å². The van der Waals surface area contributed by atoms with Gasteiger partial charge in [-0.05, 0) is 68.4 Å². The van der Waals surface area contributed by atoms with Gasteiger partial charge in [0.15, 0.2) is 5.82 Å². The Morgan fingerprint density at radius 1 is 0.871 bits per heavy atom. The van der Waals surface area contributed by atoms with Crippen LogP contribution in [0.5, 0.6) is 5.75 Å². The smallest absolute Gasteiger partial charge is 0.303 e. The van der Waals surface area contributed by atoms with Crippen molar-refractivity contribution in [2.24, 2.45) is 0 Å². The van der Waals surface area contributed by atoms with Crippen LogP contribution in [0.3, 0.4) is 0 Å². The van der Waals surface area contributed by atoms with Crippen molar-refractivity contribution in [1.29, 1.82) is 0 Å². The van der Waals surface area contributed by atoms with Crippen molar-refractivity contribution in [3.63, 3.8) is 0 Å². The minimum atomic E-state index is -0.705. The van der Waals surface area contributed by atoms with E-state index in [4.69, 9.17) is 14.6 Å². The minimum absolute atomic E-state index is 0.275. The molecule has 0 fully saturated rings. The molecule has 31 heavy (non-hydrogen) atoms. The summed E-state index contributed by atoms with van der Waals surface area (Å²) in [6, 6.07) is 7.91. The quantitative estimate of drug-likeness (QED) is 0.326. The van der Waals surface area contributed by atoms with Gasteiger partial charge >= 0.3 is 5.97 Å². The zero-order chi connectivity index (χ0) is 22.2. The number of carbonyl (C=O) groups is 1. The van der Waals surface area contributed by atoms with Gasteiger partial charge in [-0.25, -0.2) is 9.97 Å². The van der Waals surface area contributed by atoms with Crippen molar-refractivity contribution in [2.75, 3.05) is 19.8 Å². The molecule has 0 atom stereocenters. The average molecular weight is 429 g/mol. The Bertz CT molecular complexity index is 732. The first-order chi connectivity index (χ1) is 15.2. The maximum Gasteiger partial charge on any atom is 0.303 e. The zero-order valence-corrected chi connectivity index (χ0v) is 18.7. The van der Waals surface area contributed by atoms with Gasteiger partial charge in [0.1, 0.15) is 5.75 Å². The molecule has 0 aliphatic carbocycles. The molecule has 1 aromatic heterocycles. The first kappa shape index (κ1) is 24.8. The number of aliphatic carboxylic acids is 1. The molecule has 0 unspecified atom stereocenters. The van der Waals surface area contributed by atoms with Gasteiger partial charge in [0.05, 0.1) is 6.61 Å².